The molecular formula is C16H24N2O3. The number of hydrogen-bond donors (Lipinski definition) is 0. The van der Waals surface area contributed by atoms with Crippen molar-refractivity contribution in [1.29, 1.82) is 0 Å². The smallest absolute Gasteiger partial charge is 0.226 e. The molecular weight excluding hydrogens is 268 g/mol. The molecule has 0 unspecified atom stereocenters. The number of hydrogen-bond acceptors (Lipinski definition) is 3. The highest BCUT2D eigenvalue weighted by atomic mass is 16.5. The minimum atomic E-state index is 0.200. The zero-order chi connectivity index (χ0) is 14.6. The third kappa shape index (κ3) is 2.35. The van der Waals surface area contributed by atoms with Crippen LogP contribution in [0.4, 0.5) is 0 Å². The van der Waals surface area contributed by atoms with E-state index in [1.807, 2.05) is 9.80 Å². The Morgan fingerprint density at radius 3 is 2.86 bits per heavy atom. The van der Waals surface area contributed by atoms with Gasteiger partial charge in [0, 0.05) is 50.4 Å². The summed E-state index contributed by atoms with van der Waals surface area (Å²) in [6, 6.07) is 0. The van der Waals surface area contributed by atoms with Gasteiger partial charge in [0.25, 0.3) is 0 Å². The molecule has 5 heteroatoms. The predicted octanol–water partition coefficient (Wildman–Crippen LogP) is 0.738. The fraction of sp³-hybridized carbons (Fsp3) is 0.875. The van der Waals surface area contributed by atoms with Crippen molar-refractivity contribution in [3.63, 3.8) is 0 Å². The van der Waals surface area contributed by atoms with Crippen molar-refractivity contribution in [1.82, 2.24) is 9.80 Å². The van der Waals surface area contributed by atoms with Crippen LogP contribution in [0.25, 0.3) is 0 Å². The highest BCUT2D eigenvalue weighted by Crippen LogP contribution is 2.42. The van der Waals surface area contributed by atoms with Crippen LogP contribution in [0.2, 0.25) is 0 Å². The molecule has 0 aromatic heterocycles. The van der Waals surface area contributed by atoms with Crippen LogP contribution in [0.15, 0.2) is 0 Å². The first kappa shape index (κ1) is 13.6. The van der Waals surface area contributed by atoms with Gasteiger partial charge in [-0.1, -0.05) is 6.92 Å². The summed E-state index contributed by atoms with van der Waals surface area (Å²) < 4.78 is 5.91. The lowest BCUT2D eigenvalue weighted by Crippen LogP contribution is -2.36. The lowest BCUT2D eigenvalue weighted by molar-refractivity contribution is -0.133. The van der Waals surface area contributed by atoms with Gasteiger partial charge in [-0.25, -0.2) is 0 Å². The van der Waals surface area contributed by atoms with Gasteiger partial charge in [0.2, 0.25) is 11.8 Å². The van der Waals surface area contributed by atoms with E-state index in [0.29, 0.717) is 30.1 Å². The van der Waals surface area contributed by atoms with E-state index in [-0.39, 0.29) is 17.9 Å². The van der Waals surface area contributed by atoms with E-state index < -0.39 is 0 Å². The Hall–Kier alpha value is -1.10. The zero-order valence-corrected chi connectivity index (χ0v) is 12.7. The Balaban J connectivity index is 1.37. The normalized spacial score (nSPS) is 41.8. The van der Waals surface area contributed by atoms with E-state index in [1.165, 1.54) is 0 Å². The maximum atomic E-state index is 12.4. The van der Waals surface area contributed by atoms with Crippen molar-refractivity contribution in [3.8, 4) is 0 Å². The number of fused-ring (bicyclic) bond motifs is 1. The van der Waals surface area contributed by atoms with Gasteiger partial charge < -0.3 is 14.5 Å². The molecule has 2 amide bonds. The van der Waals surface area contributed by atoms with Gasteiger partial charge in [0.1, 0.15) is 0 Å². The van der Waals surface area contributed by atoms with E-state index in [1.54, 1.807) is 0 Å². The Morgan fingerprint density at radius 1 is 1.38 bits per heavy atom. The summed E-state index contributed by atoms with van der Waals surface area (Å²) in [5, 5.41) is 0. The average molecular weight is 292 g/mol. The Bertz CT molecular complexity index is 466. The van der Waals surface area contributed by atoms with Crippen LogP contribution in [0.5, 0.6) is 0 Å². The Labute approximate surface area is 125 Å². The second-order valence-corrected chi connectivity index (χ2v) is 7.30. The number of amides is 2. The van der Waals surface area contributed by atoms with Gasteiger partial charge in [-0.2, -0.15) is 0 Å². The summed E-state index contributed by atoms with van der Waals surface area (Å²) in [6.45, 7) is 6.21. The van der Waals surface area contributed by atoms with Gasteiger partial charge in [-0.15, -0.1) is 0 Å². The summed E-state index contributed by atoms with van der Waals surface area (Å²) >= 11 is 0. The van der Waals surface area contributed by atoms with Gasteiger partial charge in [0.05, 0.1) is 12.7 Å². The zero-order valence-electron chi connectivity index (χ0n) is 12.7. The molecule has 0 radical (unpaired) electrons. The van der Waals surface area contributed by atoms with Gasteiger partial charge in [-0.3, -0.25) is 9.59 Å². The Morgan fingerprint density at radius 2 is 2.19 bits per heavy atom. The first-order chi connectivity index (χ1) is 10.1. The molecule has 4 fully saturated rings. The monoisotopic (exact) mass is 292 g/mol. The Kier molecular flexibility index (Phi) is 3.21. The molecule has 1 aliphatic carbocycles. The topological polar surface area (TPSA) is 49.9 Å². The van der Waals surface area contributed by atoms with E-state index in [4.69, 9.17) is 4.74 Å². The summed E-state index contributed by atoms with van der Waals surface area (Å²) in [4.78, 5) is 28.1. The SMILES string of the molecule is C[C@@H]1C[C@H]1C(=O)N1C[C@@H]2[C@H](CN3CCCC3=O)CO[C@@H]2C1. The molecule has 21 heavy (non-hydrogen) atoms. The number of carbonyl (C=O) groups is 2. The molecule has 0 aromatic carbocycles. The summed E-state index contributed by atoms with van der Waals surface area (Å²) in [7, 11) is 0. The molecule has 116 valence electrons. The highest BCUT2D eigenvalue weighted by Gasteiger charge is 2.49. The maximum Gasteiger partial charge on any atom is 0.226 e. The lowest BCUT2D eigenvalue weighted by Gasteiger charge is -2.24. The summed E-state index contributed by atoms with van der Waals surface area (Å²) in [5.41, 5.74) is 0. The maximum absolute atomic E-state index is 12.4. The van der Waals surface area contributed by atoms with Crippen molar-refractivity contribution in [2.24, 2.45) is 23.7 Å². The third-order valence-corrected chi connectivity index (χ3v) is 5.80. The van der Waals surface area contributed by atoms with E-state index >= 15 is 0 Å². The standard InChI is InChI=1S/C16H24N2O3/c1-10-5-12(10)16(20)18-7-13-11(9-21-14(13)8-18)6-17-4-2-3-15(17)19/h10-14H,2-9H2,1H3/t10-,11-,12-,13-,14-/m1/s1. The van der Waals surface area contributed by atoms with Crippen molar-refractivity contribution < 1.29 is 14.3 Å². The van der Waals surface area contributed by atoms with Crippen LogP contribution in [0.1, 0.15) is 26.2 Å². The van der Waals surface area contributed by atoms with Crippen molar-refractivity contribution >= 4 is 11.8 Å². The molecule has 1 saturated carbocycles. The van der Waals surface area contributed by atoms with Crippen LogP contribution < -0.4 is 0 Å². The van der Waals surface area contributed by atoms with Gasteiger partial charge in [-0.05, 0) is 18.8 Å². The van der Waals surface area contributed by atoms with Crippen molar-refractivity contribution in [2.45, 2.75) is 32.3 Å². The fourth-order valence-electron chi connectivity index (χ4n) is 4.25. The second kappa shape index (κ2) is 4.97. The molecule has 5 nitrogen and oxygen atoms in total. The fourth-order valence-corrected chi connectivity index (χ4v) is 4.25. The molecule has 0 N–H and O–H groups in total. The van der Waals surface area contributed by atoms with Crippen LogP contribution >= 0.6 is 0 Å². The molecule has 4 aliphatic rings. The van der Waals surface area contributed by atoms with Crippen LogP contribution in [0, 0.1) is 23.7 Å². The molecule has 3 aliphatic heterocycles. The van der Waals surface area contributed by atoms with Crippen molar-refractivity contribution in [2.75, 3.05) is 32.8 Å². The van der Waals surface area contributed by atoms with Crippen LogP contribution in [0.3, 0.4) is 0 Å². The van der Waals surface area contributed by atoms with E-state index in [2.05, 4.69) is 6.92 Å². The minimum Gasteiger partial charge on any atom is -0.376 e. The minimum absolute atomic E-state index is 0.200. The first-order valence-corrected chi connectivity index (χ1v) is 8.31. The van der Waals surface area contributed by atoms with Crippen LogP contribution in [-0.4, -0.2) is 60.5 Å². The number of likely N-dealkylation sites (tertiary alicyclic amines) is 2. The number of nitrogens with zero attached hydrogens (tertiary/aromatic N) is 2. The highest BCUT2D eigenvalue weighted by molar-refractivity contribution is 5.82. The summed E-state index contributed by atoms with van der Waals surface area (Å²) in [6.07, 6.45) is 2.94. The number of carbonyl (C=O) groups excluding carboxylic acids is 2. The van der Waals surface area contributed by atoms with E-state index in [0.717, 1.165) is 45.6 Å². The van der Waals surface area contributed by atoms with Crippen LogP contribution in [-0.2, 0) is 14.3 Å². The third-order valence-electron chi connectivity index (χ3n) is 5.80. The molecule has 0 bridgehead atoms. The number of rotatable bonds is 3. The lowest BCUT2D eigenvalue weighted by atomic mass is 9.93. The molecule has 3 saturated heterocycles. The van der Waals surface area contributed by atoms with Gasteiger partial charge >= 0.3 is 0 Å². The molecule has 0 aromatic rings. The van der Waals surface area contributed by atoms with Gasteiger partial charge in [0.15, 0.2) is 0 Å². The largest absolute Gasteiger partial charge is 0.376 e. The average Bonchev–Trinajstić information content (AvgIpc) is 2.83. The molecule has 0 spiro atoms. The molecule has 4 rings (SSSR count). The molecule has 3 heterocycles. The molecule has 5 atom stereocenters. The second-order valence-electron chi connectivity index (χ2n) is 7.30. The quantitative estimate of drug-likeness (QED) is 0.771. The van der Waals surface area contributed by atoms with Crippen molar-refractivity contribution in [3.05, 3.63) is 0 Å². The van der Waals surface area contributed by atoms with E-state index in [9.17, 15) is 9.59 Å². The first-order valence-electron chi connectivity index (χ1n) is 8.31. The predicted molar refractivity (Wildman–Crippen MR) is 76.4 cm³/mol. The number of ether oxygens (including phenoxy) is 1. The summed E-state index contributed by atoms with van der Waals surface area (Å²) in [5.74, 6) is 2.29.